The normalized spacial score (nSPS) is 21.9. The maximum atomic E-state index is 13.5. The number of sulfonamides is 1. The van der Waals surface area contributed by atoms with E-state index >= 15 is 0 Å². The van der Waals surface area contributed by atoms with Gasteiger partial charge in [0.2, 0.25) is 10.0 Å². The smallest absolute Gasteiger partial charge is 0.254 e. The summed E-state index contributed by atoms with van der Waals surface area (Å²) in [6, 6.07) is 3.70. The van der Waals surface area contributed by atoms with Crippen LogP contribution in [0.3, 0.4) is 0 Å². The van der Waals surface area contributed by atoms with Gasteiger partial charge in [-0.25, -0.2) is 17.1 Å². The van der Waals surface area contributed by atoms with Gasteiger partial charge < -0.3 is 10.0 Å². The van der Waals surface area contributed by atoms with E-state index in [1.165, 1.54) is 31.1 Å². The summed E-state index contributed by atoms with van der Waals surface area (Å²) in [5.41, 5.74) is 0.107. The molecule has 9 heteroatoms. The van der Waals surface area contributed by atoms with Gasteiger partial charge in [-0.3, -0.25) is 4.79 Å². The number of likely N-dealkylation sites (tertiary alicyclic amines) is 1. The number of carbonyl (C=O) groups is 1. The molecule has 1 aromatic carbocycles. The number of rotatable bonds is 4. The monoisotopic (exact) mass is 364 g/mol. The molecule has 0 unspecified atom stereocenters. The summed E-state index contributed by atoms with van der Waals surface area (Å²) >= 11 is 5.58. The molecule has 0 radical (unpaired) electrons. The van der Waals surface area contributed by atoms with Gasteiger partial charge in [0.05, 0.1) is 16.9 Å². The van der Waals surface area contributed by atoms with E-state index in [1.807, 2.05) is 0 Å². The Hall–Kier alpha value is -1.22. The molecule has 6 nitrogen and oxygen atoms in total. The van der Waals surface area contributed by atoms with Crippen LogP contribution < -0.4 is 0 Å². The summed E-state index contributed by atoms with van der Waals surface area (Å²) < 4.78 is 38.4. The van der Waals surface area contributed by atoms with E-state index in [0.717, 1.165) is 10.4 Å². The average Bonchev–Trinajstić information content (AvgIpc) is 2.81. The SMILES string of the molecule is CN(C)S(=O)(=O)C[C@@H]1CN(C(=O)c2ccc(Cl)c(F)c2)C[C@@H]1O. The van der Waals surface area contributed by atoms with E-state index in [4.69, 9.17) is 11.6 Å². The molecule has 1 heterocycles. The van der Waals surface area contributed by atoms with Gasteiger partial charge in [0.15, 0.2) is 0 Å². The molecule has 2 atom stereocenters. The van der Waals surface area contributed by atoms with Gasteiger partial charge in [-0.1, -0.05) is 11.6 Å². The van der Waals surface area contributed by atoms with Crippen molar-refractivity contribution in [1.82, 2.24) is 9.21 Å². The topological polar surface area (TPSA) is 77.9 Å². The number of β-amino-alcohol motifs (C(OH)–C–C–N with tert-alkyl or cyclic N) is 1. The number of hydrogen-bond donors (Lipinski definition) is 1. The largest absolute Gasteiger partial charge is 0.391 e. The van der Waals surface area contributed by atoms with Crippen molar-refractivity contribution in [3.63, 3.8) is 0 Å². The number of benzene rings is 1. The van der Waals surface area contributed by atoms with Crippen LogP contribution >= 0.6 is 11.6 Å². The average molecular weight is 365 g/mol. The number of nitrogens with zero attached hydrogens (tertiary/aromatic N) is 2. The molecule has 0 saturated carbocycles. The highest BCUT2D eigenvalue weighted by atomic mass is 35.5. The predicted molar refractivity (Wildman–Crippen MR) is 84.3 cm³/mol. The van der Waals surface area contributed by atoms with Gasteiger partial charge in [-0.05, 0) is 18.2 Å². The molecular weight excluding hydrogens is 347 g/mol. The third kappa shape index (κ3) is 4.00. The second-order valence-corrected chi connectivity index (χ2v) is 8.36. The highest BCUT2D eigenvalue weighted by Gasteiger charge is 2.37. The summed E-state index contributed by atoms with van der Waals surface area (Å²) in [6.45, 7) is 0.105. The van der Waals surface area contributed by atoms with Crippen LogP contribution in [0.2, 0.25) is 5.02 Å². The van der Waals surface area contributed by atoms with Crippen molar-refractivity contribution in [2.75, 3.05) is 32.9 Å². The van der Waals surface area contributed by atoms with Gasteiger partial charge in [0.25, 0.3) is 5.91 Å². The lowest BCUT2D eigenvalue weighted by Crippen LogP contribution is -2.33. The van der Waals surface area contributed by atoms with E-state index in [9.17, 15) is 22.7 Å². The minimum atomic E-state index is -3.48. The molecule has 23 heavy (non-hydrogen) atoms. The molecule has 0 spiro atoms. The number of halogens is 2. The van der Waals surface area contributed by atoms with Gasteiger partial charge in [-0.2, -0.15) is 0 Å². The zero-order valence-corrected chi connectivity index (χ0v) is 14.3. The van der Waals surface area contributed by atoms with Crippen molar-refractivity contribution in [2.24, 2.45) is 5.92 Å². The van der Waals surface area contributed by atoms with Crippen molar-refractivity contribution >= 4 is 27.5 Å². The standard InChI is InChI=1S/C14H18ClFN2O4S/c1-17(2)23(21,22)8-10-6-18(7-13(10)19)14(20)9-3-4-11(15)12(16)5-9/h3-5,10,13,19H,6-8H2,1-2H3/t10-,13-/m0/s1. The highest BCUT2D eigenvalue weighted by molar-refractivity contribution is 7.89. The molecule has 128 valence electrons. The molecule has 1 aliphatic rings. The van der Waals surface area contributed by atoms with Crippen LogP contribution in [0.5, 0.6) is 0 Å². The van der Waals surface area contributed by atoms with Gasteiger partial charge in [-0.15, -0.1) is 0 Å². The number of hydrogen-bond acceptors (Lipinski definition) is 4. The Balaban J connectivity index is 2.11. The fraction of sp³-hybridized carbons (Fsp3) is 0.500. The lowest BCUT2D eigenvalue weighted by molar-refractivity contribution is 0.0764. The number of aliphatic hydroxyl groups is 1. The predicted octanol–water partition coefficient (Wildman–Crippen LogP) is 0.803. The minimum absolute atomic E-state index is 0.0106. The summed E-state index contributed by atoms with van der Waals surface area (Å²) in [6.07, 6.45) is -0.939. The minimum Gasteiger partial charge on any atom is -0.391 e. The Bertz CT molecular complexity index is 711. The van der Waals surface area contributed by atoms with Crippen LogP contribution in [0, 0.1) is 11.7 Å². The van der Waals surface area contributed by atoms with Crippen LogP contribution in [0.15, 0.2) is 18.2 Å². The van der Waals surface area contributed by atoms with Crippen LogP contribution in [0.4, 0.5) is 4.39 Å². The van der Waals surface area contributed by atoms with Crippen LogP contribution in [-0.2, 0) is 10.0 Å². The van der Waals surface area contributed by atoms with Gasteiger partial charge in [0, 0.05) is 38.7 Å². The van der Waals surface area contributed by atoms with E-state index in [2.05, 4.69) is 0 Å². The zero-order chi connectivity index (χ0) is 17.4. The molecule has 1 fully saturated rings. The number of amides is 1. The molecular formula is C14H18ClFN2O4S. The highest BCUT2D eigenvalue weighted by Crippen LogP contribution is 2.23. The number of aliphatic hydroxyl groups excluding tert-OH is 1. The van der Waals surface area contributed by atoms with Crippen LogP contribution in [0.1, 0.15) is 10.4 Å². The van der Waals surface area contributed by atoms with Gasteiger partial charge in [0.1, 0.15) is 5.82 Å². The molecule has 1 amide bonds. The lowest BCUT2D eigenvalue weighted by Gasteiger charge is -2.18. The molecule has 0 aromatic heterocycles. The van der Waals surface area contributed by atoms with Crippen molar-refractivity contribution < 1.29 is 22.7 Å². The second-order valence-electron chi connectivity index (χ2n) is 5.73. The van der Waals surface area contributed by atoms with E-state index < -0.39 is 33.8 Å². The third-order valence-electron chi connectivity index (χ3n) is 3.84. The maximum absolute atomic E-state index is 13.5. The molecule has 1 saturated heterocycles. The van der Waals surface area contributed by atoms with E-state index in [0.29, 0.717) is 0 Å². The zero-order valence-electron chi connectivity index (χ0n) is 12.7. The Morgan fingerprint density at radius 1 is 1.43 bits per heavy atom. The molecule has 0 bridgehead atoms. The van der Waals surface area contributed by atoms with Crippen LogP contribution in [0.25, 0.3) is 0 Å². The number of carbonyl (C=O) groups excluding carboxylic acids is 1. The third-order valence-corrected chi connectivity index (χ3v) is 6.11. The summed E-state index contributed by atoms with van der Waals surface area (Å²) in [5.74, 6) is -2.00. The Kier molecular flexibility index (Phi) is 5.30. The fourth-order valence-electron chi connectivity index (χ4n) is 2.42. The van der Waals surface area contributed by atoms with Gasteiger partial charge >= 0.3 is 0 Å². The summed E-state index contributed by atoms with van der Waals surface area (Å²) in [4.78, 5) is 13.7. The first kappa shape index (κ1) is 18.1. The summed E-state index contributed by atoms with van der Waals surface area (Å²) in [5, 5.41) is 9.94. The van der Waals surface area contributed by atoms with E-state index in [-0.39, 0.29) is 29.4 Å². The fourth-order valence-corrected chi connectivity index (χ4v) is 3.70. The quantitative estimate of drug-likeness (QED) is 0.857. The first-order valence-corrected chi connectivity index (χ1v) is 8.93. The molecule has 1 aromatic rings. The Morgan fingerprint density at radius 2 is 2.09 bits per heavy atom. The maximum Gasteiger partial charge on any atom is 0.254 e. The van der Waals surface area contributed by atoms with Crippen molar-refractivity contribution in [3.05, 3.63) is 34.6 Å². The second kappa shape index (κ2) is 6.72. The molecule has 2 rings (SSSR count). The van der Waals surface area contributed by atoms with Crippen molar-refractivity contribution in [3.8, 4) is 0 Å². The molecule has 0 aliphatic carbocycles. The van der Waals surface area contributed by atoms with E-state index in [1.54, 1.807) is 0 Å². The summed E-state index contributed by atoms with van der Waals surface area (Å²) in [7, 11) is -0.657. The molecule has 1 N–H and O–H groups in total. The molecule has 1 aliphatic heterocycles. The van der Waals surface area contributed by atoms with Crippen molar-refractivity contribution in [2.45, 2.75) is 6.10 Å². The lowest BCUT2D eigenvalue weighted by atomic mass is 10.1. The van der Waals surface area contributed by atoms with Crippen LogP contribution in [-0.4, -0.2) is 67.7 Å². The Morgan fingerprint density at radius 3 is 2.65 bits per heavy atom. The van der Waals surface area contributed by atoms with Crippen molar-refractivity contribution in [1.29, 1.82) is 0 Å². The Labute approximate surface area is 139 Å². The first-order chi connectivity index (χ1) is 10.6. The first-order valence-electron chi connectivity index (χ1n) is 6.94.